The number of halogens is 2. The van der Waals surface area contributed by atoms with E-state index in [1.165, 1.54) is 0 Å². The molecule has 0 aliphatic heterocycles. The van der Waals surface area contributed by atoms with E-state index in [0.29, 0.717) is 19.5 Å². The molecule has 3 nitrogen and oxygen atoms in total. The molecule has 0 saturated carbocycles. The summed E-state index contributed by atoms with van der Waals surface area (Å²) in [6.45, 7) is 5.38. The number of rotatable bonds is 7. The van der Waals surface area contributed by atoms with Crippen molar-refractivity contribution in [1.29, 1.82) is 0 Å². The maximum absolute atomic E-state index is 11.6. The fourth-order valence-electron chi connectivity index (χ4n) is 1.54. The van der Waals surface area contributed by atoms with Gasteiger partial charge in [0.2, 0.25) is 5.91 Å². The van der Waals surface area contributed by atoms with Gasteiger partial charge in [0, 0.05) is 35.0 Å². The van der Waals surface area contributed by atoms with Gasteiger partial charge in [0.15, 0.2) is 0 Å². The Morgan fingerprint density at radius 1 is 1.47 bits per heavy atom. The molecule has 0 saturated heterocycles. The van der Waals surface area contributed by atoms with Crippen LogP contribution in [0.1, 0.15) is 32.3 Å². The number of nitrogens with one attached hydrogen (secondary N) is 2. The van der Waals surface area contributed by atoms with Gasteiger partial charge in [-0.3, -0.25) is 4.79 Å². The number of amides is 1. The summed E-state index contributed by atoms with van der Waals surface area (Å²) in [7, 11) is 0. The minimum atomic E-state index is 0.0868. The van der Waals surface area contributed by atoms with Crippen LogP contribution in [0, 0.1) is 0 Å². The Bertz CT molecular complexity index is 426. The molecule has 0 aliphatic carbocycles. The van der Waals surface area contributed by atoms with Gasteiger partial charge in [-0.05, 0) is 31.0 Å². The third kappa shape index (κ3) is 6.41. The number of hydrogen-bond acceptors (Lipinski definition) is 2. The van der Waals surface area contributed by atoms with Crippen molar-refractivity contribution in [3.63, 3.8) is 0 Å². The molecule has 19 heavy (non-hydrogen) atoms. The molecule has 0 fully saturated rings. The Morgan fingerprint density at radius 2 is 2.21 bits per heavy atom. The topological polar surface area (TPSA) is 41.1 Å². The molecule has 0 aliphatic rings. The summed E-state index contributed by atoms with van der Waals surface area (Å²) in [4.78, 5) is 11.6. The van der Waals surface area contributed by atoms with Gasteiger partial charge in [0.1, 0.15) is 0 Å². The van der Waals surface area contributed by atoms with Gasteiger partial charge >= 0.3 is 0 Å². The summed E-state index contributed by atoms with van der Waals surface area (Å²) in [5.74, 6) is 0.0868. The van der Waals surface area contributed by atoms with E-state index in [1.54, 1.807) is 0 Å². The Labute approximate surface area is 128 Å². The molecule has 1 aromatic carbocycles. The third-order valence-electron chi connectivity index (χ3n) is 2.88. The van der Waals surface area contributed by atoms with E-state index >= 15 is 0 Å². The second-order valence-electron chi connectivity index (χ2n) is 4.54. The normalized spacial score (nSPS) is 12.2. The molecule has 1 aromatic rings. The van der Waals surface area contributed by atoms with Crippen molar-refractivity contribution >= 4 is 33.4 Å². The van der Waals surface area contributed by atoms with Crippen LogP contribution < -0.4 is 10.6 Å². The van der Waals surface area contributed by atoms with Crippen molar-refractivity contribution in [2.24, 2.45) is 0 Å². The zero-order valence-electron chi connectivity index (χ0n) is 11.3. The van der Waals surface area contributed by atoms with Gasteiger partial charge < -0.3 is 10.6 Å². The first-order valence-electron chi connectivity index (χ1n) is 6.47. The number of hydrogen-bond donors (Lipinski definition) is 2. The lowest BCUT2D eigenvalue weighted by atomic mass is 10.2. The predicted molar refractivity (Wildman–Crippen MR) is 83.4 cm³/mol. The third-order valence-corrected chi connectivity index (χ3v) is 3.72. The summed E-state index contributed by atoms with van der Waals surface area (Å²) in [5.41, 5.74) is 1.03. The molecule has 0 radical (unpaired) electrons. The van der Waals surface area contributed by atoms with Gasteiger partial charge in [-0.2, -0.15) is 0 Å². The van der Waals surface area contributed by atoms with Gasteiger partial charge in [0.25, 0.3) is 0 Å². The second-order valence-corrected chi connectivity index (χ2v) is 5.86. The van der Waals surface area contributed by atoms with E-state index in [-0.39, 0.29) is 11.9 Å². The summed E-state index contributed by atoms with van der Waals surface area (Å²) < 4.78 is 0.967. The SMILES string of the molecule is CCC(C)NC(=O)CCNCc1ccc(Br)cc1Cl. The van der Waals surface area contributed by atoms with Crippen molar-refractivity contribution in [2.45, 2.75) is 39.3 Å². The maximum atomic E-state index is 11.6. The molecule has 1 unspecified atom stereocenters. The predicted octanol–water partition coefficient (Wildman–Crippen LogP) is 3.50. The van der Waals surface area contributed by atoms with Crippen LogP contribution in [0.15, 0.2) is 22.7 Å². The lowest BCUT2D eigenvalue weighted by Crippen LogP contribution is -2.33. The molecule has 1 atom stereocenters. The van der Waals surface area contributed by atoms with Gasteiger partial charge in [0.05, 0.1) is 0 Å². The molecule has 0 aromatic heterocycles. The molecular formula is C14H20BrClN2O. The summed E-state index contributed by atoms with van der Waals surface area (Å²) in [6.07, 6.45) is 1.44. The summed E-state index contributed by atoms with van der Waals surface area (Å²) in [5, 5.41) is 6.89. The van der Waals surface area contributed by atoms with Crippen LogP contribution >= 0.6 is 27.5 Å². The highest BCUT2D eigenvalue weighted by Gasteiger charge is 2.05. The van der Waals surface area contributed by atoms with Crippen LogP contribution in [-0.4, -0.2) is 18.5 Å². The number of carbonyl (C=O) groups excluding carboxylic acids is 1. The van der Waals surface area contributed by atoms with Crippen molar-refractivity contribution < 1.29 is 4.79 Å². The van der Waals surface area contributed by atoms with Crippen molar-refractivity contribution in [3.8, 4) is 0 Å². The maximum Gasteiger partial charge on any atom is 0.221 e. The average Bonchev–Trinajstić information content (AvgIpc) is 2.36. The van der Waals surface area contributed by atoms with E-state index in [4.69, 9.17) is 11.6 Å². The highest BCUT2D eigenvalue weighted by atomic mass is 79.9. The van der Waals surface area contributed by atoms with Crippen LogP contribution in [0.4, 0.5) is 0 Å². The first kappa shape index (κ1) is 16.5. The zero-order chi connectivity index (χ0) is 14.3. The smallest absolute Gasteiger partial charge is 0.221 e. The molecule has 106 valence electrons. The summed E-state index contributed by atoms with van der Waals surface area (Å²) >= 11 is 9.48. The van der Waals surface area contributed by atoms with Crippen LogP contribution in [0.3, 0.4) is 0 Å². The second kappa shape index (κ2) is 8.56. The lowest BCUT2D eigenvalue weighted by molar-refractivity contribution is -0.121. The van der Waals surface area contributed by atoms with Gasteiger partial charge in [-0.25, -0.2) is 0 Å². The quantitative estimate of drug-likeness (QED) is 0.741. The van der Waals surface area contributed by atoms with Crippen molar-refractivity contribution in [1.82, 2.24) is 10.6 Å². The van der Waals surface area contributed by atoms with Crippen molar-refractivity contribution in [2.75, 3.05) is 6.54 Å². The largest absolute Gasteiger partial charge is 0.354 e. The van der Waals surface area contributed by atoms with E-state index < -0.39 is 0 Å². The van der Waals surface area contributed by atoms with E-state index in [2.05, 4.69) is 33.5 Å². The van der Waals surface area contributed by atoms with E-state index in [1.807, 2.05) is 25.1 Å². The molecule has 0 bridgehead atoms. The fourth-order valence-corrected chi connectivity index (χ4v) is 2.28. The molecule has 0 spiro atoms. The van der Waals surface area contributed by atoms with E-state index in [9.17, 15) is 4.79 Å². The lowest BCUT2D eigenvalue weighted by Gasteiger charge is -2.11. The van der Waals surface area contributed by atoms with Gasteiger partial charge in [-0.15, -0.1) is 0 Å². The first-order valence-corrected chi connectivity index (χ1v) is 7.64. The molecule has 2 N–H and O–H groups in total. The van der Waals surface area contributed by atoms with Gasteiger partial charge in [-0.1, -0.05) is 40.5 Å². The zero-order valence-corrected chi connectivity index (χ0v) is 13.6. The molecule has 1 rings (SSSR count). The Balaban J connectivity index is 2.25. The highest BCUT2D eigenvalue weighted by Crippen LogP contribution is 2.20. The van der Waals surface area contributed by atoms with Crippen LogP contribution in [0.5, 0.6) is 0 Å². The molecule has 1 amide bonds. The van der Waals surface area contributed by atoms with Crippen LogP contribution in [0.2, 0.25) is 5.02 Å². The van der Waals surface area contributed by atoms with E-state index in [0.717, 1.165) is 21.5 Å². The minimum absolute atomic E-state index is 0.0868. The Morgan fingerprint density at radius 3 is 2.84 bits per heavy atom. The molecule has 5 heteroatoms. The molecule has 0 heterocycles. The Kier molecular flexibility index (Phi) is 7.42. The standard InChI is InChI=1S/C14H20BrClN2O/c1-3-10(2)18-14(19)6-7-17-9-11-4-5-12(15)8-13(11)16/h4-5,8,10,17H,3,6-7,9H2,1-2H3,(H,18,19). The first-order chi connectivity index (χ1) is 9.02. The highest BCUT2D eigenvalue weighted by molar-refractivity contribution is 9.10. The van der Waals surface area contributed by atoms with Crippen LogP contribution in [-0.2, 0) is 11.3 Å². The number of carbonyl (C=O) groups is 1. The Hall–Kier alpha value is -0.580. The number of benzene rings is 1. The summed E-state index contributed by atoms with van der Waals surface area (Å²) in [6, 6.07) is 6.04. The van der Waals surface area contributed by atoms with Crippen molar-refractivity contribution in [3.05, 3.63) is 33.3 Å². The average molecular weight is 348 g/mol. The van der Waals surface area contributed by atoms with Crippen LogP contribution in [0.25, 0.3) is 0 Å². The minimum Gasteiger partial charge on any atom is -0.354 e. The monoisotopic (exact) mass is 346 g/mol. The molecular weight excluding hydrogens is 328 g/mol. The fraction of sp³-hybridized carbons (Fsp3) is 0.500.